The van der Waals surface area contributed by atoms with E-state index in [4.69, 9.17) is 16.3 Å². The zero-order valence-electron chi connectivity index (χ0n) is 17.2. The molecule has 1 heterocycles. The molecule has 152 valence electrons. The number of aryl methyl sites for hydroxylation is 1. The fourth-order valence-electron chi connectivity index (χ4n) is 3.76. The summed E-state index contributed by atoms with van der Waals surface area (Å²) in [5.41, 5.74) is 4.04. The van der Waals surface area contributed by atoms with E-state index in [1.807, 2.05) is 70.2 Å². The molecule has 0 saturated heterocycles. The van der Waals surface area contributed by atoms with E-state index in [0.717, 1.165) is 16.7 Å². The van der Waals surface area contributed by atoms with Crippen molar-refractivity contribution in [2.24, 2.45) is 0 Å². The van der Waals surface area contributed by atoms with Crippen LogP contribution in [0.3, 0.4) is 0 Å². The molecule has 1 atom stereocenters. The first-order valence-corrected chi connectivity index (χ1v) is 10.2. The molecule has 1 aliphatic heterocycles. The molecular weight excluding hydrogens is 386 g/mol. The maximum atomic E-state index is 13.1. The molecule has 4 nitrogen and oxygen atoms in total. The van der Waals surface area contributed by atoms with Crippen molar-refractivity contribution < 1.29 is 14.3 Å². The first-order valence-electron chi connectivity index (χ1n) is 9.80. The summed E-state index contributed by atoms with van der Waals surface area (Å²) in [4.78, 5) is 27.8. The van der Waals surface area contributed by atoms with E-state index in [2.05, 4.69) is 0 Å². The van der Waals surface area contributed by atoms with Crippen LogP contribution in [0.1, 0.15) is 49.8 Å². The summed E-state index contributed by atoms with van der Waals surface area (Å²) < 4.78 is 5.53. The second kappa shape index (κ2) is 8.83. The lowest BCUT2D eigenvalue weighted by molar-refractivity contribution is -0.143. The standard InChI is InChI=1S/C24H26ClNO3/c1-15(2)29-24(28)23-17(4)26(14-18-9-7-8-16(3)12-18)22(27)13-20(23)19-10-5-6-11-21(19)25/h5-12,15,20H,13-14H2,1-4H3/t20-/m1/s1. The normalized spacial score (nSPS) is 17.1. The zero-order valence-corrected chi connectivity index (χ0v) is 18.0. The van der Waals surface area contributed by atoms with Crippen LogP contribution in [0.25, 0.3) is 0 Å². The smallest absolute Gasteiger partial charge is 0.336 e. The van der Waals surface area contributed by atoms with Crippen LogP contribution in [0.15, 0.2) is 59.8 Å². The Balaban J connectivity index is 2.06. The van der Waals surface area contributed by atoms with Crippen molar-refractivity contribution in [3.05, 3.63) is 81.5 Å². The van der Waals surface area contributed by atoms with Gasteiger partial charge < -0.3 is 9.64 Å². The summed E-state index contributed by atoms with van der Waals surface area (Å²) in [5.74, 6) is -0.851. The van der Waals surface area contributed by atoms with E-state index in [-0.39, 0.29) is 18.4 Å². The first-order chi connectivity index (χ1) is 13.8. The highest BCUT2D eigenvalue weighted by molar-refractivity contribution is 6.31. The zero-order chi connectivity index (χ0) is 21.1. The predicted molar refractivity (Wildman–Crippen MR) is 114 cm³/mol. The van der Waals surface area contributed by atoms with E-state index >= 15 is 0 Å². The fourth-order valence-corrected chi connectivity index (χ4v) is 4.03. The Hall–Kier alpha value is -2.59. The maximum absolute atomic E-state index is 13.1. The van der Waals surface area contributed by atoms with Gasteiger partial charge in [-0.25, -0.2) is 4.79 Å². The van der Waals surface area contributed by atoms with E-state index in [9.17, 15) is 9.59 Å². The number of nitrogens with zero attached hydrogens (tertiary/aromatic N) is 1. The molecule has 0 bridgehead atoms. The van der Waals surface area contributed by atoms with Crippen LogP contribution in [-0.4, -0.2) is 22.9 Å². The van der Waals surface area contributed by atoms with Crippen LogP contribution >= 0.6 is 11.6 Å². The summed E-state index contributed by atoms with van der Waals surface area (Å²) >= 11 is 6.41. The molecule has 3 rings (SSSR count). The summed E-state index contributed by atoms with van der Waals surface area (Å²) in [6, 6.07) is 15.4. The Labute approximate surface area is 177 Å². The van der Waals surface area contributed by atoms with Gasteiger partial charge in [0.15, 0.2) is 0 Å². The predicted octanol–water partition coefficient (Wildman–Crippen LogP) is 5.39. The number of hydrogen-bond acceptors (Lipinski definition) is 3. The van der Waals surface area contributed by atoms with Crippen molar-refractivity contribution in [2.45, 2.75) is 52.7 Å². The monoisotopic (exact) mass is 411 g/mol. The van der Waals surface area contributed by atoms with Gasteiger partial charge in [0.05, 0.1) is 18.2 Å². The third kappa shape index (κ3) is 4.70. The lowest BCUT2D eigenvalue weighted by Crippen LogP contribution is -2.38. The Kier molecular flexibility index (Phi) is 6.43. The second-order valence-corrected chi connectivity index (χ2v) is 8.11. The molecule has 0 N–H and O–H groups in total. The fraction of sp³-hybridized carbons (Fsp3) is 0.333. The van der Waals surface area contributed by atoms with Crippen molar-refractivity contribution in [2.75, 3.05) is 0 Å². The Bertz CT molecular complexity index is 964. The summed E-state index contributed by atoms with van der Waals surface area (Å²) in [6.45, 7) is 7.88. The average molecular weight is 412 g/mol. The molecule has 0 saturated carbocycles. The van der Waals surface area contributed by atoms with Gasteiger partial charge in [-0.3, -0.25) is 4.79 Å². The number of allylic oxidation sites excluding steroid dienone is 1. The number of rotatable bonds is 5. The molecule has 2 aromatic carbocycles. The number of halogens is 1. The lowest BCUT2D eigenvalue weighted by Gasteiger charge is -2.35. The van der Waals surface area contributed by atoms with Gasteiger partial charge >= 0.3 is 5.97 Å². The van der Waals surface area contributed by atoms with E-state index in [0.29, 0.717) is 22.8 Å². The van der Waals surface area contributed by atoms with Crippen LogP contribution in [0.4, 0.5) is 0 Å². The van der Waals surface area contributed by atoms with Gasteiger partial charge in [0.2, 0.25) is 5.91 Å². The van der Waals surface area contributed by atoms with Crippen molar-refractivity contribution >= 4 is 23.5 Å². The van der Waals surface area contributed by atoms with Crippen LogP contribution in [0, 0.1) is 6.92 Å². The molecule has 29 heavy (non-hydrogen) atoms. The minimum absolute atomic E-state index is 0.0324. The van der Waals surface area contributed by atoms with Crippen molar-refractivity contribution in [1.82, 2.24) is 4.90 Å². The minimum Gasteiger partial charge on any atom is -0.460 e. The van der Waals surface area contributed by atoms with Gasteiger partial charge in [0, 0.05) is 23.1 Å². The molecule has 0 aromatic heterocycles. The molecule has 0 fully saturated rings. The van der Waals surface area contributed by atoms with Crippen molar-refractivity contribution in [1.29, 1.82) is 0 Å². The number of hydrogen-bond donors (Lipinski definition) is 0. The molecular formula is C24H26ClNO3. The minimum atomic E-state index is -0.420. The Morgan fingerprint density at radius 1 is 1.17 bits per heavy atom. The number of carbonyl (C=O) groups is 2. The summed E-state index contributed by atoms with van der Waals surface area (Å²) in [7, 11) is 0. The van der Waals surface area contributed by atoms with Crippen LogP contribution in [0.2, 0.25) is 5.02 Å². The quantitative estimate of drug-likeness (QED) is 0.619. The third-order valence-corrected chi connectivity index (χ3v) is 5.43. The molecule has 0 spiro atoms. The number of amides is 1. The molecule has 0 unspecified atom stereocenters. The molecule has 1 amide bonds. The maximum Gasteiger partial charge on any atom is 0.336 e. The van der Waals surface area contributed by atoms with E-state index in [1.165, 1.54) is 0 Å². The van der Waals surface area contributed by atoms with Crippen molar-refractivity contribution in [3.8, 4) is 0 Å². The van der Waals surface area contributed by atoms with Crippen LogP contribution in [0.5, 0.6) is 0 Å². The highest BCUT2D eigenvalue weighted by Crippen LogP contribution is 2.40. The van der Waals surface area contributed by atoms with E-state index in [1.54, 1.807) is 11.0 Å². The summed E-state index contributed by atoms with van der Waals surface area (Å²) in [5, 5.41) is 0.542. The van der Waals surface area contributed by atoms with Crippen LogP contribution in [-0.2, 0) is 20.9 Å². The number of benzene rings is 2. The van der Waals surface area contributed by atoms with Gasteiger partial charge in [-0.05, 0) is 44.9 Å². The van der Waals surface area contributed by atoms with Gasteiger partial charge in [0.25, 0.3) is 0 Å². The number of esters is 1. The highest BCUT2D eigenvalue weighted by atomic mass is 35.5. The summed E-state index contributed by atoms with van der Waals surface area (Å²) in [6.07, 6.45) is -0.0763. The van der Waals surface area contributed by atoms with Gasteiger partial charge in [0.1, 0.15) is 0 Å². The second-order valence-electron chi connectivity index (χ2n) is 7.70. The lowest BCUT2D eigenvalue weighted by atomic mass is 9.83. The van der Waals surface area contributed by atoms with E-state index < -0.39 is 11.9 Å². The number of carbonyl (C=O) groups excluding carboxylic acids is 2. The number of ether oxygens (including phenoxy) is 1. The molecule has 1 aliphatic rings. The largest absolute Gasteiger partial charge is 0.460 e. The van der Waals surface area contributed by atoms with Gasteiger partial charge in [-0.2, -0.15) is 0 Å². The highest BCUT2D eigenvalue weighted by Gasteiger charge is 2.37. The molecule has 0 radical (unpaired) electrons. The Morgan fingerprint density at radius 2 is 1.90 bits per heavy atom. The van der Waals surface area contributed by atoms with Gasteiger partial charge in [-0.15, -0.1) is 0 Å². The third-order valence-electron chi connectivity index (χ3n) is 5.09. The SMILES string of the molecule is CC1=C(C(=O)OC(C)C)[C@@H](c2ccccc2Cl)CC(=O)N1Cc1cccc(C)c1. The molecule has 2 aromatic rings. The topological polar surface area (TPSA) is 46.6 Å². The van der Waals surface area contributed by atoms with Crippen molar-refractivity contribution in [3.63, 3.8) is 0 Å². The first kappa shape index (κ1) is 21.1. The van der Waals surface area contributed by atoms with Gasteiger partial charge in [-0.1, -0.05) is 59.6 Å². The Morgan fingerprint density at radius 3 is 2.55 bits per heavy atom. The van der Waals surface area contributed by atoms with Crippen LogP contribution < -0.4 is 0 Å². The molecule has 0 aliphatic carbocycles. The molecule has 5 heteroatoms. The average Bonchev–Trinajstić information content (AvgIpc) is 2.64.